The van der Waals surface area contributed by atoms with Crippen molar-refractivity contribution in [2.75, 3.05) is 19.7 Å². The van der Waals surface area contributed by atoms with Crippen molar-refractivity contribution >= 4 is 15.9 Å². The average Bonchev–Trinajstić information content (AvgIpc) is 2.57. The number of morpholine rings is 1. The first-order valence-electron chi connectivity index (χ1n) is 8.00. The Labute approximate surface area is 146 Å². The largest absolute Gasteiger partial charge is 0.488 e. The van der Waals surface area contributed by atoms with Gasteiger partial charge >= 0.3 is 0 Å². The SMILES string of the molecule is CC1CN(Cc2cccc(OCc3ccccc3)c2Br)CCO1. The zero-order chi connectivity index (χ0) is 16.1. The van der Waals surface area contributed by atoms with Crippen LogP contribution in [-0.4, -0.2) is 30.7 Å². The fraction of sp³-hybridized carbons (Fsp3) is 0.368. The van der Waals surface area contributed by atoms with Crippen molar-refractivity contribution in [3.05, 3.63) is 64.1 Å². The third-order valence-corrected chi connectivity index (χ3v) is 4.90. The van der Waals surface area contributed by atoms with Crippen LogP contribution >= 0.6 is 15.9 Å². The summed E-state index contributed by atoms with van der Waals surface area (Å²) in [7, 11) is 0. The quantitative estimate of drug-likeness (QED) is 0.779. The predicted molar refractivity (Wildman–Crippen MR) is 95.6 cm³/mol. The van der Waals surface area contributed by atoms with Crippen molar-refractivity contribution in [1.82, 2.24) is 4.90 Å². The first-order valence-corrected chi connectivity index (χ1v) is 8.80. The van der Waals surface area contributed by atoms with E-state index in [2.05, 4.69) is 52.0 Å². The second-order valence-corrected chi connectivity index (χ2v) is 6.71. The maximum atomic E-state index is 5.98. The summed E-state index contributed by atoms with van der Waals surface area (Å²) in [6, 6.07) is 16.5. The molecule has 3 nitrogen and oxygen atoms in total. The van der Waals surface area contributed by atoms with Crippen LogP contribution in [0.1, 0.15) is 18.1 Å². The molecule has 0 radical (unpaired) electrons. The lowest BCUT2D eigenvalue weighted by Gasteiger charge is -2.31. The highest BCUT2D eigenvalue weighted by Gasteiger charge is 2.18. The molecule has 3 rings (SSSR count). The van der Waals surface area contributed by atoms with Gasteiger partial charge < -0.3 is 9.47 Å². The monoisotopic (exact) mass is 375 g/mol. The summed E-state index contributed by atoms with van der Waals surface area (Å²) in [6.45, 7) is 6.38. The number of benzene rings is 2. The smallest absolute Gasteiger partial charge is 0.134 e. The van der Waals surface area contributed by atoms with Crippen LogP contribution < -0.4 is 4.74 Å². The lowest BCUT2D eigenvalue weighted by molar-refractivity contribution is -0.0212. The maximum absolute atomic E-state index is 5.98. The van der Waals surface area contributed by atoms with Gasteiger partial charge in [-0.3, -0.25) is 4.90 Å². The van der Waals surface area contributed by atoms with E-state index >= 15 is 0 Å². The van der Waals surface area contributed by atoms with Crippen LogP contribution in [0.3, 0.4) is 0 Å². The summed E-state index contributed by atoms with van der Waals surface area (Å²) in [5.41, 5.74) is 2.43. The first kappa shape index (κ1) is 16.5. The Morgan fingerprint density at radius 3 is 2.78 bits per heavy atom. The summed E-state index contributed by atoms with van der Waals surface area (Å²) in [5, 5.41) is 0. The molecule has 1 fully saturated rings. The Kier molecular flexibility index (Phi) is 5.70. The van der Waals surface area contributed by atoms with Gasteiger partial charge in [0.25, 0.3) is 0 Å². The first-order chi connectivity index (χ1) is 11.2. The van der Waals surface area contributed by atoms with Gasteiger partial charge in [-0.2, -0.15) is 0 Å². The van der Waals surface area contributed by atoms with E-state index in [0.717, 1.165) is 36.5 Å². The number of ether oxygens (including phenoxy) is 2. The third kappa shape index (κ3) is 4.56. The molecule has 23 heavy (non-hydrogen) atoms. The molecule has 1 atom stereocenters. The minimum atomic E-state index is 0.306. The topological polar surface area (TPSA) is 21.7 Å². The molecule has 1 heterocycles. The highest BCUT2D eigenvalue weighted by Crippen LogP contribution is 2.30. The third-order valence-electron chi connectivity index (χ3n) is 4.00. The second kappa shape index (κ2) is 7.95. The number of hydrogen-bond donors (Lipinski definition) is 0. The average molecular weight is 376 g/mol. The molecule has 0 bridgehead atoms. The van der Waals surface area contributed by atoms with Crippen LogP contribution in [0.2, 0.25) is 0 Å². The minimum Gasteiger partial charge on any atom is -0.488 e. The molecule has 0 N–H and O–H groups in total. The number of rotatable bonds is 5. The molecular formula is C19H22BrNO2. The van der Waals surface area contributed by atoms with Crippen molar-refractivity contribution in [1.29, 1.82) is 0 Å². The zero-order valence-corrected chi connectivity index (χ0v) is 15.0. The van der Waals surface area contributed by atoms with E-state index in [1.54, 1.807) is 0 Å². The van der Waals surface area contributed by atoms with E-state index in [4.69, 9.17) is 9.47 Å². The Morgan fingerprint density at radius 1 is 1.17 bits per heavy atom. The molecule has 1 unspecified atom stereocenters. The fourth-order valence-corrected chi connectivity index (χ4v) is 3.30. The van der Waals surface area contributed by atoms with Gasteiger partial charge in [0.2, 0.25) is 0 Å². The van der Waals surface area contributed by atoms with Crippen LogP contribution in [-0.2, 0) is 17.9 Å². The molecule has 0 aliphatic carbocycles. The zero-order valence-electron chi connectivity index (χ0n) is 13.4. The Bertz CT molecular complexity index is 633. The van der Waals surface area contributed by atoms with Crippen LogP contribution in [0.4, 0.5) is 0 Å². The molecule has 1 saturated heterocycles. The van der Waals surface area contributed by atoms with Gasteiger partial charge in [-0.25, -0.2) is 0 Å². The molecule has 2 aromatic rings. The number of halogens is 1. The summed E-state index contributed by atoms with van der Waals surface area (Å²) in [6.07, 6.45) is 0.306. The molecule has 0 aromatic heterocycles. The highest BCUT2D eigenvalue weighted by molar-refractivity contribution is 9.10. The molecular weight excluding hydrogens is 354 g/mol. The van der Waals surface area contributed by atoms with Gasteiger partial charge in [-0.15, -0.1) is 0 Å². The van der Waals surface area contributed by atoms with Gasteiger partial charge in [-0.05, 0) is 40.0 Å². The van der Waals surface area contributed by atoms with E-state index in [9.17, 15) is 0 Å². The molecule has 4 heteroatoms. The summed E-state index contributed by atoms with van der Waals surface area (Å²) < 4.78 is 12.6. The lowest BCUT2D eigenvalue weighted by atomic mass is 10.2. The van der Waals surface area contributed by atoms with Crippen LogP contribution in [0.15, 0.2) is 53.0 Å². The van der Waals surface area contributed by atoms with E-state index in [0.29, 0.717) is 12.7 Å². The molecule has 1 aliphatic heterocycles. The number of hydrogen-bond acceptors (Lipinski definition) is 3. The minimum absolute atomic E-state index is 0.306. The van der Waals surface area contributed by atoms with Gasteiger partial charge in [0.05, 0.1) is 17.2 Å². The second-order valence-electron chi connectivity index (χ2n) is 5.92. The van der Waals surface area contributed by atoms with E-state index < -0.39 is 0 Å². The lowest BCUT2D eigenvalue weighted by Crippen LogP contribution is -2.40. The molecule has 2 aromatic carbocycles. The molecule has 122 valence electrons. The van der Waals surface area contributed by atoms with Gasteiger partial charge in [0.1, 0.15) is 12.4 Å². The molecule has 0 saturated carbocycles. The molecule has 1 aliphatic rings. The Balaban J connectivity index is 1.65. The van der Waals surface area contributed by atoms with Crippen molar-refractivity contribution in [3.8, 4) is 5.75 Å². The summed E-state index contributed by atoms with van der Waals surface area (Å²) in [4.78, 5) is 2.43. The standard InChI is InChI=1S/C19H22BrNO2/c1-15-12-21(10-11-22-15)13-17-8-5-9-18(19(17)20)23-14-16-6-3-2-4-7-16/h2-9,15H,10-14H2,1H3. The fourth-order valence-electron chi connectivity index (χ4n) is 2.80. The van der Waals surface area contributed by atoms with Crippen LogP contribution in [0, 0.1) is 0 Å². The molecule has 0 spiro atoms. The van der Waals surface area contributed by atoms with Crippen molar-refractivity contribution in [2.45, 2.75) is 26.2 Å². The van der Waals surface area contributed by atoms with Crippen molar-refractivity contribution in [2.24, 2.45) is 0 Å². The van der Waals surface area contributed by atoms with E-state index in [-0.39, 0.29) is 0 Å². The van der Waals surface area contributed by atoms with Crippen molar-refractivity contribution in [3.63, 3.8) is 0 Å². The highest BCUT2D eigenvalue weighted by atomic mass is 79.9. The summed E-state index contributed by atoms with van der Waals surface area (Å²) in [5.74, 6) is 0.896. The van der Waals surface area contributed by atoms with Gasteiger partial charge in [0.15, 0.2) is 0 Å². The summed E-state index contributed by atoms with van der Waals surface area (Å²) >= 11 is 3.71. The van der Waals surface area contributed by atoms with Gasteiger partial charge in [0, 0.05) is 19.6 Å². The Morgan fingerprint density at radius 2 is 2.00 bits per heavy atom. The maximum Gasteiger partial charge on any atom is 0.134 e. The normalized spacial score (nSPS) is 18.8. The number of nitrogens with zero attached hydrogens (tertiary/aromatic N) is 1. The molecule has 0 amide bonds. The van der Waals surface area contributed by atoms with Crippen LogP contribution in [0.5, 0.6) is 5.75 Å². The van der Waals surface area contributed by atoms with Crippen molar-refractivity contribution < 1.29 is 9.47 Å². The van der Waals surface area contributed by atoms with Crippen LogP contribution in [0.25, 0.3) is 0 Å². The van der Waals surface area contributed by atoms with Gasteiger partial charge in [-0.1, -0.05) is 42.5 Å². The van der Waals surface area contributed by atoms with E-state index in [1.807, 2.05) is 24.3 Å². The Hall–Kier alpha value is -1.36. The predicted octanol–water partition coefficient (Wildman–Crippen LogP) is 4.25. The van der Waals surface area contributed by atoms with E-state index in [1.165, 1.54) is 11.1 Å².